The molecular weight excluding hydrogens is 86.1 g/mol. The molecule has 0 bridgehead atoms. The molecule has 0 saturated heterocycles. The van der Waals surface area contributed by atoms with Gasteiger partial charge < -0.3 is 5.32 Å². The standard InChI is InChI=1S/C4H9N.C2H6/c1-3-4-5-2;1-2/h3-5H,1-2H3;1-2H3/b4-3+;. The van der Waals surface area contributed by atoms with Crippen LogP contribution in [0.3, 0.4) is 0 Å². The van der Waals surface area contributed by atoms with Crippen LogP contribution in [0.15, 0.2) is 12.3 Å². The molecule has 0 aliphatic carbocycles. The van der Waals surface area contributed by atoms with Crippen LogP contribution in [0.25, 0.3) is 0 Å². The van der Waals surface area contributed by atoms with Crippen molar-refractivity contribution in [1.29, 1.82) is 0 Å². The summed E-state index contributed by atoms with van der Waals surface area (Å²) < 4.78 is 0. The fourth-order valence-electron chi connectivity index (χ4n) is 0.167. The number of hydrogen-bond acceptors (Lipinski definition) is 1. The van der Waals surface area contributed by atoms with Gasteiger partial charge in [0.15, 0.2) is 0 Å². The molecule has 0 rings (SSSR count). The van der Waals surface area contributed by atoms with E-state index in [0.29, 0.717) is 0 Å². The first-order chi connectivity index (χ1) is 3.41. The normalized spacial score (nSPS) is 7.43. The third-order valence-electron chi connectivity index (χ3n) is 0.333. The molecule has 0 saturated carbocycles. The number of hydrogen-bond donors (Lipinski definition) is 1. The molecule has 0 heterocycles. The highest BCUT2D eigenvalue weighted by Gasteiger charge is 1.45. The maximum atomic E-state index is 2.84. The Kier molecular flexibility index (Phi) is 24.6. The Labute approximate surface area is 46.4 Å². The van der Waals surface area contributed by atoms with Crippen molar-refractivity contribution in [2.45, 2.75) is 20.8 Å². The number of nitrogens with one attached hydrogen (secondary N) is 1. The van der Waals surface area contributed by atoms with Crippen LogP contribution < -0.4 is 5.32 Å². The molecule has 7 heavy (non-hydrogen) atoms. The summed E-state index contributed by atoms with van der Waals surface area (Å²) >= 11 is 0. The highest BCUT2D eigenvalue weighted by Crippen LogP contribution is 1.53. The summed E-state index contributed by atoms with van der Waals surface area (Å²) in [5.41, 5.74) is 0. The molecule has 44 valence electrons. The molecule has 0 spiro atoms. The van der Waals surface area contributed by atoms with Gasteiger partial charge in [-0.3, -0.25) is 0 Å². The monoisotopic (exact) mass is 101 g/mol. The van der Waals surface area contributed by atoms with Crippen molar-refractivity contribution >= 4 is 0 Å². The molecular formula is C6H15N. The van der Waals surface area contributed by atoms with Gasteiger partial charge in [0.25, 0.3) is 0 Å². The SMILES string of the molecule is C/C=C/NC.CC. The predicted molar refractivity (Wildman–Crippen MR) is 35.2 cm³/mol. The van der Waals surface area contributed by atoms with E-state index < -0.39 is 0 Å². The highest BCUT2D eigenvalue weighted by atomic mass is 14.8. The van der Waals surface area contributed by atoms with E-state index in [2.05, 4.69) is 5.32 Å². The van der Waals surface area contributed by atoms with E-state index in [4.69, 9.17) is 0 Å². The van der Waals surface area contributed by atoms with E-state index in [0.717, 1.165) is 0 Å². The summed E-state index contributed by atoms with van der Waals surface area (Å²) in [6.45, 7) is 5.97. The van der Waals surface area contributed by atoms with Crippen molar-refractivity contribution in [1.82, 2.24) is 5.32 Å². The van der Waals surface area contributed by atoms with Gasteiger partial charge in [0, 0.05) is 7.05 Å². The lowest BCUT2D eigenvalue weighted by Gasteiger charge is -1.75. The average molecular weight is 101 g/mol. The Morgan fingerprint density at radius 3 is 1.71 bits per heavy atom. The zero-order chi connectivity index (χ0) is 6.12. The molecule has 0 radical (unpaired) electrons. The Morgan fingerprint density at radius 1 is 1.29 bits per heavy atom. The summed E-state index contributed by atoms with van der Waals surface area (Å²) in [5, 5.41) is 2.84. The van der Waals surface area contributed by atoms with Gasteiger partial charge in [0.05, 0.1) is 0 Å². The van der Waals surface area contributed by atoms with Gasteiger partial charge in [-0.2, -0.15) is 0 Å². The van der Waals surface area contributed by atoms with Gasteiger partial charge in [0.1, 0.15) is 0 Å². The molecule has 0 aromatic rings. The van der Waals surface area contributed by atoms with Crippen LogP contribution in [0.2, 0.25) is 0 Å². The molecule has 0 aliphatic rings. The van der Waals surface area contributed by atoms with Crippen molar-refractivity contribution in [3.05, 3.63) is 12.3 Å². The maximum absolute atomic E-state index is 2.84. The van der Waals surface area contributed by atoms with Crippen LogP contribution in [-0.2, 0) is 0 Å². The first-order valence-corrected chi connectivity index (χ1v) is 2.70. The Bertz CT molecular complexity index is 31.2. The van der Waals surface area contributed by atoms with Crippen molar-refractivity contribution in [3.63, 3.8) is 0 Å². The zero-order valence-electron chi connectivity index (χ0n) is 5.65. The number of allylic oxidation sites excluding steroid dienone is 1. The maximum Gasteiger partial charge on any atom is 0.00276 e. The third-order valence-corrected chi connectivity index (χ3v) is 0.333. The predicted octanol–water partition coefficient (Wildman–Crippen LogP) is 1.77. The second-order valence-electron chi connectivity index (χ2n) is 0.789. The summed E-state index contributed by atoms with van der Waals surface area (Å²) in [7, 11) is 1.88. The summed E-state index contributed by atoms with van der Waals surface area (Å²) in [6, 6.07) is 0. The van der Waals surface area contributed by atoms with Gasteiger partial charge in [-0.15, -0.1) is 0 Å². The average Bonchev–Trinajstić information content (AvgIpc) is 1.75. The van der Waals surface area contributed by atoms with Gasteiger partial charge in [-0.25, -0.2) is 0 Å². The summed E-state index contributed by atoms with van der Waals surface area (Å²) in [6.07, 6.45) is 3.82. The van der Waals surface area contributed by atoms with Crippen LogP contribution in [0, 0.1) is 0 Å². The van der Waals surface area contributed by atoms with Crippen LogP contribution >= 0.6 is 0 Å². The minimum atomic E-state index is 1.88. The summed E-state index contributed by atoms with van der Waals surface area (Å²) in [4.78, 5) is 0. The van der Waals surface area contributed by atoms with Gasteiger partial charge >= 0.3 is 0 Å². The smallest absolute Gasteiger partial charge is 0.00276 e. The molecule has 0 fully saturated rings. The second-order valence-corrected chi connectivity index (χ2v) is 0.789. The fourth-order valence-corrected chi connectivity index (χ4v) is 0.167. The van der Waals surface area contributed by atoms with E-state index in [9.17, 15) is 0 Å². The lowest BCUT2D eigenvalue weighted by Crippen LogP contribution is -1.89. The van der Waals surface area contributed by atoms with Gasteiger partial charge in [-0.05, 0) is 13.1 Å². The Morgan fingerprint density at radius 2 is 1.71 bits per heavy atom. The molecule has 0 unspecified atom stereocenters. The highest BCUT2D eigenvalue weighted by molar-refractivity contribution is 4.70. The number of rotatable bonds is 1. The van der Waals surface area contributed by atoms with E-state index in [1.807, 2.05) is 40.1 Å². The van der Waals surface area contributed by atoms with Crippen molar-refractivity contribution in [2.75, 3.05) is 7.05 Å². The van der Waals surface area contributed by atoms with Crippen molar-refractivity contribution in [2.24, 2.45) is 0 Å². The van der Waals surface area contributed by atoms with E-state index in [1.54, 1.807) is 0 Å². The first kappa shape index (κ1) is 9.74. The minimum absolute atomic E-state index is 1.88. The van der Waals surface area contributed by atoms with Crippen molar-refractivity contribution < 1.29 is 0 Å². The van der Waals surface area contributed by atoms with Crippen molar-refractivity contribution in [3.8, 4) is 0 Å². The lowest BCUT2D eigenvalue weighted by molar-refractivity contribution is 1.10. The van der Waals surface area contributed by atoms with E-state index in [-0.39, 0.29) is 0 Å². The minimum Gasteiger partial charge on any atom is -0.394 e. The van der Waals surface area contributed by atoms with Crippen LogP contribution in [0.1, 0.15) is 20.8 Å². The third kappa shape index (κ3) is 29.3. The topological polar surface area (TPSA) is 12.0 Å². The van der Waals surface area contributed by atoms with Crippen LogP contribution in [0.5, 0.6) is 0 Å². The molecule has 0 aromatic heterocycles. The van der Waals surface area contributed by atoms with Gasteiger partial charge in [-0.1, -0.05) is 19.9 Å². The first-order valence-electron chi connectivity index (χ1n) is 2.70. The molecule has 1 N–H and O–H groups in total. The van der Waals surface area contributed by atoms with E-state index in [1.165, 1.54) is 0 Å². The molecule has 0 atom stereocenters. The lowest BCUT2D eigenvalue weighted by atomic mass is 10.7. The van der Waals surface area contributed by atoms with Crippen LogP contribution in [-0.4, -0.2) is 7.05 Å². The molecule has 0 amide bonds. The van der Waals surface area contributed by atoms with Gasteiger partial charge in [0.2, 0.25) is 0 Å². The largest absolute Gasteiger partial charge is 0.394 e. The van der Waals surface area contributed by atoms with Crippen LogP contribution in [0.4, 0.5) is 0 Å². The molecule has 1 nitrogen and oxygen atoms in total. The zero-order valence-corrected chi connectivity index (χ0v) is 5.65. The van der Waals surface area contributed by atoms with E-state index >= 15 is 0 Å². The Hall–Kier alpha value is -0.460. The fraction of sp³-hybridized carbons (Fsp3) is 0.667. The molecule has 0 aliphatic heterocycles. The summed E-state index contributed by atoms with van der Waals surface area (Å²) in [5.74, 6) is 0. The quantitative estimate of drug-likeness (QED) is 0.530. The molecule has 0 aromatic carbocycles. The Balaban J connectivity index is 0. The molecule has 1 heteroatoms. The second kappa shape index (κ2) is 17.7.